The van der Waals surface area contributed by atoms with Gasteiger partial charge in [0.05, 0.1) is 24.8 Å². The molecule has 1 atom stereocenters. The molecular formula is C40H47N3O6S. The normalized spacial score (nSPS) is 13.8. The number of ether oxygens (including phenoxy) is 2. The van der Waals surface area contributed by atoms with Crippen LogP contribution in [-0.2, 0) is 32.6 Å². The lowest BCUT2D eigenvalue weighted by atomic mass is 10.0. The van der Waals surface area contributed by atoms with Gasteiger partial charge in [0, 0.05) is 25.1 Å². The third-order valence-electron chi connectivity index (χ3n) is 9.12. The topological polar surface area (TPSA) is 105 Å². The molecule has 1 unspecified atom stereocenters. The highest BCUT2D eigenvalue weighted by Crippen LogP contribution is 2.33. The maximum Gasteiger partial charge on any atom is 0.264 e. The summed E-state index contributed by atoms with van der Waals surface area (Å²) in [5.74, 6) is -0.130. The lowest BCUT2D eigenvalue weighted by molar-refractivity contribution is -0.140. The van der Waals surface area contributed by atoms with Gasteiger partial charge in [0.25, 0.3) is 10.0 Å². The highest BCUT2D eigenvalue weighted by Gasteiger charge is 2.36. The van der Waals surface area contributed by atoms with Crippen LogP contribution in [-0.4, -0.2) is 58.0 Å². The Morgan fingerprint density at radius 3 is 2.08 bits per heavy atom. The van der Waals surface area contributed by atoms with Gasteiger partial charge in [-0.2, -0.15) is 0 Å². The van der Waals surface area contributed by atoms with Gasteiger partial charge in [-0.05, 0) is 80.1 Å². The van der Waals surface area contributed by atoms with Gasteiger partial charge in [-0.1, -0.05) is 79.1 Å². The highest BCUT2D eigenvalue weighted by molar-refractivity contribution is 7.92. The quantitative estimate of drug-likeness (QED) is 0.161. The van der Waals surface area contributed by atoms with E-state index in [1.54, 1.807) is 17.0 Å². The zero-order chi connectivity index (χ0) is 35.8. The van der Waals surface area contributed by atoms with Gasteiger partial charge < -0.3 is 19.7 Å². The summed E-state index contributed by atoms with van der Waals surface area (Å²) in [6.45, 7) is 5.32. The molecule has 0 bridgehead atoms. The Bertz CT molecular complexity index is 1890. The second-order valence-corrected chi connectivity index (χ2v) is 14.9. The van der Waals surface area contributed by atoms with Crippen LogP contribution < -0.4 is 19.1 Å². The van der Waals surface area contributed by atoms with Crippen molar-refractivity contribution >= 4 is 27.5 Å². The van der Waals surface area contributed by atoms with Crippen molar-refractivity contribution in [3.63, 3.8) is 0 Å². The minimum atomic E-state index is -4.33. The second-order valence-electron chi connectivity index (χ2n) is 13.1. The van der Waals surface area contributed by atoms with E-state index in [4.69, 9.17) is 9.47 Å². The number of benzene rings is 4. The fourth-order valence-electron chi connectivity index (χ4n) is 6.66. The van der Waals surface area contributed by atoms with Gasteiger partial charge in [-0.3, -0.25) is 13.9 Å². The van der Waals surface area contributed by atoms with Crippen LogP contribution in [0.2, 0.25) is 0 Å². The van der Waals surface area contributed by atoms with Crippen molar-refractivity contribution in [1.82, 2.24) is 10.2 Å². The summed E-state index contributed by atoms with van der Waals surface area (Å²) in [4.78, 5) is 30.6. The molecule has 0 aromatic heterocycles. The first kappa shape index (κ1) is 36.5. The smallest absolute Gasteiger partial charge is 0.264 e. The van der Waals surface area contributed by atoms with Crippen LogP contribution in [0.4, 0.5) is 5.69 Å². The number of aryl methyl sites for hydroxylation is 3. The maximum absolute atomic E-state index is 14.9. The number of hydrogen-bond acceptors (Lipinski definition) is 6. The van der Waals surface area contributed by atoms with Gasteiger partial charge in [-0.25, -0.2) is 8.42 Å². The standard InChI is InChI=1S/C40H47N3O6S/c1-28-12-11-15-32(21-28)26-42(36(24-31-13-7-6-8-14-31)40(45)41-33-16-9-10-17-33)39(44)27-43(34-22-29(2)20-30(3)23-34)50(46,47)35-18-19-37(48-4)38(25-35)49-5/h6-8,11-15,18-23,25,33,36H,9-10,16-17,24,26-27H2,1-5H3,(H,41,45). The van der Waals surface area contributed by atoms with E-state index in [-0.39, 0.29) is 35.6 Å². The molecule has 2 amide bonds. The minimum Gasteiger partial charge on any atom is -0.493 e. The molecule has 1 aliphatic rings. The molecule has 5 rings (SSSR count). The van der Waals surface area contributed by atoms with Crippen molar-refractivity contribution in [3.8, 4) is 11.5 Å². The molecule has 10 heteroatoms. The number of rotatable bonds is 14. The van der Waals surface area contributed by atoms with E-state index in [9.17, 15) is 18.0 Å². The summed E-state index contributed by atoms with van der Waals surface area (Å²) in [7, 11) is -1.41. The van der Waals surface area contributed by atoms with Crippen molar-refractivity contribution in [3.05, 3.63) is 119 Å². The van der Waals surface area contributed by atoms with E-state index in [1.807, 2.05) is 81.4 Å². The van der Waals surface area contributed by atoms with Crippen molar-refractivity contribution in [2.75, 3.05) is 25.1 Å². The summed E-state index contributed by atoms with van der Waals surface area (Å²) < 4.78 is 41.1. The van der Waals surface area contributed by atoms with Crippen LogP contribution in [0.1, 0.15) is 53.5 Å². The minimum absolute atomic E-state index is 0.0360. The number of anilines is 1. The average Bonchev–Trinajstić information content (AvgIpc) is 3.61. The lowest BCUT2D eigenvalue weighted by Crippen LogP contribution is -2.54. The Labute approximate surface area is 296 Å². The zero-order valence-corrected chi connectivity index (χ0v) is 30.3. The van der Waals surface area contributed by atoms with Gasteiger partial charge in [0.1, 0.15) is 12.6 Å². The molecule has 4 aromatic carbocycles. The maximum atomic E-state index is 14.9. The number of nitrogens with zero attached hydrogens (tertiary/aromatic N) is 2. The molecule has 0 heterocycles. The summed E-state index contributed by atoms with van der Waals surface area (Å²) in [6.07, 6.45) is 4.13. The van der Waals surface area contributed by atoms with Crippen LogP contribution in [0.15, 0.2) is 95.9 Å². The Balaban J connectivity index is 1.60. The number of nitrogens with one attached hydrogen (secondary N) is 1. The molecule has 0 aliphatic heterocycles. The molecule has 264 valence electrons. The van der Waals surface area contributed by atoms with Crippen molar-refractivity contribution in [1.29, 1.82) is 0 Å². The molecule has 9 nitrogen and oxygen atoms in total. The number of amides is 2. The molecule has 50 heavy (non-hydrogen) atoms. The van der Waals surface area contributed by atoms with Crippen LogP contribution in [0.5, 0.6) is 11.5 Å². The lowest BCUT2D eigenvalue weighted by Gasteiger charge is -2.34. The molecule has 1 fully saturated rings. The number of methoxy groups -OCH3 is 2. The van der Waals surface area contributed by atoms with Crippen LogP contribution in [0.3, 0.4) is 0 Å². The predicted molar refractivity (Wildman–Crippen MR) is 196 cm³/mol. The van der Waals surface area contributed by atoms with Crippen molar-refractivity contribution in [2.45, 2.75) is 76.4 Å². The Hall–Kier alpha value is -4.83. The molecule has 0 saturated heterocycles. The van der Waals surface area contributed by atoms with Gasteiger partial charge >= 0.3 is 0 Å². The third kappa shape index (κ3) is 8.84. The largest absolute Gasteiger partial charge is 0.493 e. The number of carbonyl (C=O) groups is 2. The number of hydrogen-bond donors (Lipinski definition) is 1. The summed E-state index contributed by atoms with van der Waals surface area (Å²) in [5, 5.41) is 3.22. The molecule has 4 aromatic rings. The Kier molecular flexibility index (Phi) is 11.8. The van der Waals surface area contributed by atoms with E-state index < -0.39 is 28.5 Å². The molecule has 0 radical (unpaired) electrons. The first-order valence-corrected chi connectivity index (χ1v) is 18.4. The van der Waals surface area contributed by atoms with Crippen LogP contribution >= 0.6 is 0 Å². The number of carbonyl (C=O) groups excluding carboxylic acids is 2. The van der Waals surface area contributed by atoms with Gasteiger partial charge in [0.2, 0.25) is 11.8 Å². The Morgan fingerprint density at radius 2 is 1.44 bits per heavy atom. The van der Waals surface area contributed by atoms with E-state index in [1.165, 1.54) is 32.4 Å². The summed E-state index contributed by atoms with van der Waals surface area (Å²) in [5.41, 5.74) is 4.77. The highest BCUT2D eigenvalue weighted by atomic mass is 32.2. The van der Waals surface area contributed by atoms with Crippen molar-refractivity contribution < 1.29 is 27.5 Å². The van der Waals surface area contributed by atoms with E-state index in [0.717, 1.165) is 57.8 Å². The zero-order valence-electron chi connectivity index (χ0n) is 29.5. The van der Waals surface area contributed by atoms with Crippen molar-refractivity contribution in [2.24, 2.45) is 0 Å². The third-order valence-corrected chi connectivity index (χ3v) is 10.9. The Morgan fingerprint density at radius 1 is 0.780 bits per heavy atom. The van der Waals surface area contributed by atoms with E-state index in [0.29, 0.717) is 11.4 Å². The SMILES string of the molecule is COc1ccc(S(=O)(=O)N(CC(=O)N(Cc2cccc(C)c2)C(Cc2ccccc2)C(=O)NC2CCCC2)c2cc(C)cc(C)c2)cc1OC. The first-order valence-electron chi connectivity index (χ1n) is 17.0. The van der Waals surface area contributed by atoms with Crippen LogP contribution in [0, 0.1) is 20.8 Å². The van der Waals surface area contributed by atoms with Gasteiger partial charge in [-0.15, -0.1) is 0 Å². The molecule has 0 spiro atoms. The molecule has 1 saturated carbocycles. The molecular weight excluding hydrogens is 651 g/mol. The number of sulfonamides is 1. The predicted octanol–water partition coefficient (Wildman–Crippen LogP) is 6.52. The average molecular weight is 698 g/mol. The fraction of sp³-hybridized carbons (Fsp3) is 0.350. The summed E-state index contributed by atoms with van der Waals surface area (Å²) in [6, 6.07) is 26.3. The first-order chi connectivity index (χ1) is 24.0. The second kappa shape index (κ2) is 16.3. The monoisotopic (exact) mass is 697 g/mol. The van der Waals surface area contributed by atoms with Gasteiger partial charge in [0.15, 0.2) is 11.5 Å². The van der Waals surface area contributed by atoms with E-state index >= 15 is 0 Å². The molecule has 1 aliphatic carbocycles. The molecule has 1 N–H and O–H groups in total. The summed E-state index contributed by atoms with van der Waals surface area (Å²) >= 11 is 0. The van der Waals surface area contributed by atoms with E-state index in [2.05, 4.69) is 5.32 Å². The fourth-order valence-corrected chi connectivity index (χ4v) is 8.07. The van der Waals surface area contributed by atoms with Crippen LogP contribution in [0.25, 0.3) is 0 Å².